The first-order chi connectivity index (χ1) is 19.8. The van der Waals surface area contributed by atoms with E-state index in [0.717, 1.165) is 38.3 Å². The van der Waals surface area contributed by atoms with Crippen LogP contribution in [0.3, 0.4) is 0 Å². The van der Waals surface area contributed by atoms with Crippen molar-refractivity contribution in [3.05, 3.63) is 137 Å². The molecule has 3 atom stereocenters. The maximum Gasteiger partial charge on any atom is 0.248 e. The Morgan fingerprint density at radius 1 is 0.732 bits per heavy atom. The van der Waals surface area contributed by atoms with Crippen LogP contribution in [0.15, 0.2) is 103 Å². The normalized spacial score (nSPS) is 26.3. The predicted octanol–water partition coefficient (Wildman–Crippen LogP) is 6.14. The lowest BCUT2D eigenvalue weighted by atomic mass is 9.54. The summed E-state index contributed by atoms with van der Waals surface area (Å²) in [6.45, 7) is 1.96. The molecule has 7 heteroatoms. The zero-order valence-corrected chi connectivity index (χ0v) is 23.7. The molecule has 0 aromatic heterocycles. The van der Waals surface area contributed by atoms with E-state index in [1.165, 1.54) is 0 Å². The van der Waals surface area contributed by atoms with Crippen LogP contribution in [0.5, 0.6) is 0 Å². The highest BCUT2D eigenvalue weighted by Crippen LogP contribution is 2.69. The third-order valence-corrected chi connectivity index (χ3v) is 10.1. The lowest BCUT2D eigenvalue weighted by Crippen LogP contribution is -2.57. The molecule has 1 fully saturated rings. The minimum absolute atomic E-state index is 0.153. The van der Waals surface area contributed by atoms with Gasteiger partial charge in [0.1, 0.15) is 15.8 Å². The number of imide groups is 1. The second kappa shape index (κ2) is 9.30. The molecule has 0 unspecified atom stereocenters. The maximum absolute atomic E-state index is 14.5. The molecule has 1 heterocycles. The number of amides is 3. The van der Waals surface area contributed by atoms with Crippen molar-refractivity contribution in [2.24, 2.45) is 11.8 Å². The van der Waals surface area contributed by atoms with Gasteiger partial charge in [-0.1, -0.05) is 96.6 Å². The Morgan fingerprint density at radius 3 is 1.63 bits per heavy atom. The van der Waals surface area contributed by atoms with E-state index in [2.05, 4.69) is 5.32 Å². The van der Waals surface area contributed by atoms with Crippen molar-refractivity contribution in [1.82, 2.24) is 4.90 Å². The third kappa shape index (κ3) is 3.58. The summed E-state index contributed by atoms with van der Waals surface area (Å²) in [5.74, 6) is -3.35. The molecule has 4 aromatic rings. The Bertz CT molecular complexity index is 1600. The minimum atomic E-state index is -1.30. The molecule has 0 spiro atoms. The molecule has 3 aliphatic carbocycles. The second-order valence-electron chi connectivity index (χ2n) is 11.1. The summed E-state index contributed by atoms with van der Waals surface area (Å²) >= 11 is 15.2. The first-order valence-corrected chi connectivity index (χ1v) is 14.4. The van der Waals surface area contributed by atoms with Crippen LogP contribution in [0, 0.1) is 18.8 Å². The van der Waals surface area contributed by atoms with Gasteiger partial charge in [-0.15, -0.1) is 23.2 Å². The van der Waals surface area contributed by atoms with Crippen molar-refractivity contribution in [2.45, 2.75) is 29.1 Å². The van der Waals surface area contributed by atoms with E-state index in [1.54, 1.807) is 12.1 Å². The van der Waals surface area contributed by atoms with E-state index < -0.39 is 45.3 Å². The molecule has 4 aromatic carbocycles. The smallest absolute Gasteiger partial charge is 0.248 e. The van der Waals surface area contributed by atoms with Gasteiger partial charge in [0.15, 0.2) is 0 Å². The number of carbonyl (C=O) groups excluding carboxylic acids is 3. The van der Waals surface area contributed by atoms with Crippen molar-refractivity contribution in [3.8, 4) is 0 Å². The molecule has 0 radical (unpaired) electrons. The highest BCUT2D eigenvalue weighted by Gasteiger charge is 2.73. The fraction of sp³-hybridized carbons (Fsp3) is 0.206. The van der Waals surface area contributed by atoms with Crippen LogP contribution in [0.25, 0.3) is 0 Å². The van der Waals surface area contributed by atoms with Crippen LogP contribution in [-0.2, 0) is 30.6 Å². The van der Waals surface area contributed by atoms with Gasteiger partial charge in [0.2, 0.25) is 17.7 Å². The highest BCUT2D eigenvalue weighted by atomic mass is 35.5. The maximum atomic E-state index is 14.5. The van der Waals surface area contributed by atoms with Gasteiger partial charge in [0.05, 0.1) is 11.8 Å². The zero-order chi connectivity index (χ0) is 28.5. The lowest BCUT2D eigenvalue weighted by Gasteiger charge is -2.54. The average molecular weight is 581 g/mol. The summed E-state index contributed by atoms with van der Waals surface area (Å²) < 4.78 is 0. The minimum Gasteiger partial charge on any atom is -0.324 e. The monoisotopic (exact) mass is 580 g/mol. The molecule has 0 saturated carbocycles. The Morgan fingerprint density at radius 2 is 1.17 bits per heavy atom. The topological polar surface area (TPSA) is 66.5 Å². The first kappa shape index (κ1) is 26.0. The van der Waals surface area contributed by atoms with Crippen LogP contribution in [0.4, 0.5) is 5.69 Å². The van der Waals surface area contributed by atoms with Gasteiger partial charge in [-0.2, -0.15) is 0 Å². The standard InChI is InChI=1S/C34H26Cl2N2O3/c1-20-15-17-22(18-16-20)37-30(39)27(19-21-9-3-2-4-10-21)38-31(40)28-29(32(38)41)34(36)24-12-6-5-11-23(24)33(28,35)25-13-7-8-14-26(25)34/h2-18,27-29H,19H2,1H3,(H,37,39)/t27-,28+,29+,33?,34?/m0/s1. The summed E-state index contributed by atoms with van der Waals surface area (Å²) in [4.78, 5) is 41.5. The number of anilines is 1. The zero-order valence-electron chi connectivity index (χ0n) is 22.2. The van der Waals surface area contributed by atoms with Gasteiger partial charge in [0.25, 0.3) is 0 Å². The molecule has 2 bridgehead atoms. The molecule has 8 rings (SSSR count). The fourth-order valence-electron chi connectivity index (χ4n) is 7.00. The number of hydrogen-bond donors (Lipinski definition) is 1. The number of likely N-dealkylation sites (tertiary alicyclic amines) is 1. The van der Waals surface area contributed by atoms with Gasteiger partial charge >= 0.3 is 0 Å². The van der Waals surface area contributed by atoms with Crippen molar-refractivity contribution in [1.29, 1.82) is 0 Å². The number of nitrogens with one attached hydrogen (secondary N) is 1. The van der Waals surface area contributed by atoms with E-state index in [9.17, 15) is 14.4 Å². The molecule has 1 saturated heterocycles. The van der Waals surface area contributed by atoms with Crippen molar-refractivity contribution < 1.29 is 14.4 Å². The number of rotatable bonds is 5. The summed E-state index contributed by atoms with van der Waals surface area (Å²) in [5.41, 5.74) is 5.35. The number of aryl methyl sites for hydroxylation is 1. The van der Waals surface area contributed by atoms with E-state index in [-0.39, 0.29) is 6.42 Å². The molecule has 41 heavy (non-hydrogen) atoms. The quantitative estimate of drug-likeness (QED) is 0.228. The van der Waals surface area contributed by atoms with Crippen LogP contribution in [-0.4, -0.2) is 28.7 Å². The molecule has 4 aliphatic rings. The number of alkyl halides is 2. The summed E-state index contributed by atoms with van der Waals surface area (Å²) in [6.07, 6.45) is 0.153. The van der Waals surface area contributed by atoms with Crippen LogP contribution < -0.4 is 5.32 Å². The number of halogens is 2. The molecule has 1 aliphatic heterocycles. The molecule has 1 N–H and O–H groups in total. The molecule has 3 amide bonds. The molecular weight excluding hydrogens is 555 g/mol. The van der Waals surface area contributed by atoms with E-state index >= 15 is 0 Å². The number of hydrogen-bond acceptors (Lipinski definition) is 3. The molecule has 5 nitrogen and oxygen atoms in total. The average Bonchev–Trinajstić information content (AvgIpc) is 3.27. The van der Waals surface area contributed by atoms with Gasteiger partial charge in [-0.25, -0.2) is 0 Å². The Kier molecular flexibility index (Phi) is 5.90. The number of carbonyl (C=O) groups is 3. The van der Waals surface area contributed by atoms with Gasteiger partial charge in [-0.3, -0.25) is 19.3 Å². The first-order valence-electron chi connectivity index (χ1n) is 13.6. The SMILES string of the molecule is Cc1ccc(NC(=O)[C@H](Cc2ccccc2)N2C(=O)[C@H]3[C@H](C2=O)C2(Cl)c4ccccc4C3(Cl)c3ccccc32)cc1. The predicted molar refractivity (Wildman–Crippen MR) is 159 cm³/mol. The summed E-state index contributed by atoms with van der Waals surface area (Å²) in [5, 5.41) is 2.93. The van der Waals surface area contributed by atoms with Crippen molar-refractivity contribution >= 4 is 46.6 Å². The molecular formula is C34H26Cl2N2O3. The van der Waals surface area contributed by atoms with E-state index in [1.807, 2.05) is 97.9 Å². The third-order valence-electron chi connectivity index (χ3n) is 8.82. The largest absolute Gasteiger partial charge is 0.324 e. The molecule has 204 valence electrons. The van der Waals surface area contributed by atoms with Gasteiger partial charge in [-0.05, 0) is 46.9 Å². The van der Waals surface area contributed by atoms with Crippen molar-refractivity contribution in [2.75, 3.05) is 5.32 Å². The highest BCUT2D eigenvalue weighted by molar-refractivity contribution is 6.36. The summed E-state index contributed by atoms with van der Waals surface area (Å²) in [7, 11) is 0. The second-order valence-corrected chi connectivity index (χ2v) is 12.3. The number of nitrogens with zero attached hydrogens (tertiary/aromatic N) is 1. The van der Waals surface area contributed by atoms with E-state index in [4.69, 9.17) is 23.2 Å². The van der Waals surface area contributed by atoms with E-state index in [0.29, 0.717) is 5.69 Å². The van der Waals surface area contributed by atoms with Crippen molar-refractivity contribution in [3.63, 3.8) is 0 Å². The Labute approximate surface area is 248 Å². The Balaban J connectivity index is 1.36. The fourth-order valence-corrected chi connectivity index (χ4v) is 8.09. The lowest BCUT2D eigenvalue weighted by molar-refractivity contribution is -0.146. The number of benzene rings is 4. The Hall–Kier alpha value is -3.93. The van der Waals surface area contributed by atoms with Gasteiger partial charge in [0, 0.05) is 12.1 Å². The van der Waals surface area contributed by atoms with Crippen LogP contribution in [0.1, 0.15) is 33.4 Å². The summed E-state index contributed by atoms with van der Waals surface area (Å²) in [6, 6.07) is 30.7. The van der Waals surface area contributed by atoms with Gasteiger partial charge < -0.3 is 5.32 Å². The van der Waals surface area contributed by atoms with Crippen LogP contribution >= 0.6 is 23.2 Å². The van der Waals surface area contributed by atoms with Crippen LogP contribution in [0.2, 0.25) is 0 Å².